The van der Waals surface area contributed by atoms with Crippen molar-refractivity contribution in [3.05, 3.63) is 59.7 Å². The summed E-state index contributed by atoms with van der Waals surface area (Å²) in [5.74, 6) is -0.0420. The Hall–Kier alpha value is -4.34. The van der Waals surface area contributed by atoms with Crippen molar-refractivity contribution >= 4 is 46.4 Å². The van der Waals surface area contributed by atoms with Gasteiger partial charge in [0.05, 0.1) is 11.4 Å². The third-order valence-corrected chi connectivity index (χ3v) is 7.00. The number of nitrogens with one attached hydrogen (secondary N) is 4. The van der Waals surface area contributed by atoms with Crippen LogP contribution in [-0.2, 0) is 19.2 Å². The highest BCUT2D eigenvalue weighted by molar-refractivity contribution is 6.02. The van der Waals surface area contributed by atoms with Crippen LogP contribution in [0.3, 0.4) is 0 Å². The molecule has 0 spiro atoms. The van der Waals surface area contributed by atoms with Crippen molar-refractivity contribution in [3.8, 4) is 0 Å². The highest BCUT2D eigenvalue weighted by atomic mass is 16.2. The summed E-state index contributed by atoms with van der Waals surface area (Å²) in [5.41, 5.74) is 9.51. The third kappa shape index (κ3) is 9.97. The maximum absolute atomic E-state index is 12.2. The molecule has 0 radical (unpaired) electrons. The number of nitrogens with zero attached hydrogens (tertiary/aromatic N) is 2. The standard InChI is InChI=1S/C31H38N6O4/c1-20(24-8-6-10-26(18-24)32-30(40)22-14-15-22)34-36-28(38)12-4-3-5-13-29(39)37-35-21(2)25-9-7-11-27(19-25)33-31(41)23-16-17-23/h6-11,18-19,22-23H,3-5,12-17H2,1-2H3,(H,32,40)(H,33,41)(H,36,38)(H,37,39)/b34-20+,35-21+. The van der Waals surface area contributed by atoms with Crippen LogP contribution in [0.25, 0.3) is 0 Å². The highest BCUT2D eigenvalue weighted by Crippen LogP contribution is 2.31. The predicted molar refractivity (Wildman–Crippen MR) is 159 cm³/mol. The molecule has 2 aromatic carbocycles. The molecule has 0 unspecified atom stereocenters. The third-order valence-electron chi connectivity index (χ3n) is 7.00. The molecular formula is C31H38N6O4. The van der Waals surface area contributed by atoms with Gasteiger partial charge in [0.25, 0.3) is 0 Å². The summed E-state index contributed by atoms with van der Waals surface area (Å²) < 4.78 is 0. The van der Waals surface area contributed by atoms with Crippen molar-refractivity contribution in [3.63, 3.8) is 0 Å². The second-order valence-electron chi connectivity index (χ2n) is 10.7. The van der Waals surface area contributed by atoms with Crippen LogP contribution in [0.15, 0.2) is 58.7 Å². The van der Waals surface area contributed by atoms with Crippen LogP contribution >= 0.6 is 0 Å². The first-order valence-electron chi connectivity index (χ1n) is 14.3. The number of benzene rings is 2. The van der Waals surface area contributed by atoms with Crippen LogP contribution in [0, 0.1) is 11.8 Å². The molecule has 2 fully saturated rings. The lowest BCUT2D eigenvalue weighted by atomic mass is 10.1. The van der Waals surface area contributed by atoms with Crippen molar-refractivity contribution < 1.29 is 19.2 Å². The minimum atomic E-state index is -0.192. The van der Waals surface area contributed by atoms with E-state index in [9.17, 15) is 19.2 Å². The molecule has 4 amide bonds. The fourth-order valence-electron chi connectivity index (χ4n) is 4.10. The maximum Gasteiger partial charge on any atom is 0.240 e. The number of hydrazone groups is 2. The molecule has 2 aliphatic carbocycles. The Morgan fingerprint density at radius 1 is 0.659 bits per heavy atom. The highest BCUT2D eigenvalue weighted by Gasteiger charge is 2.30. The number of hydrogen-bond donors (Lipinski definition) is 4. The van der Waals surface area contributed by atoms with Gasteiger partial charge < -0.3 is 10.6 Å². The van der Waals surface area contributed by atoms with E-state index in [0.717, 1.165) is 43.2 Å². The van der Waals surface area contributed by atoms with Crippen molar-refractivity contribution in [2.45, 2.75) is 71.6 Å². The van der Waals surface area contributed by atoms with Gasteiger partial charge in [0.1, 0.15) is 0 Å². The molecule has 216 valence electrons. The van der Waals surface area contributed by atoms with Gasteiger partial charge in [-0.1, -0.05) is 30.7 Å². The lowest BCUT2D eigenvalue weighted by Crippen LogP contribution is -2.20. The molecule has 2 aromatic rings. The molecule has 0 heterocycles. The molecule has 4 N–H and O–H groups in total. The Bertz CT molecular complexity index is 1240. The Kier molecular flexibility index (Phi) is 10.4. The average molecular weight is 559 g/mol. The Morgan fingerprint density at radius 2 is 1.07 bits per heavy atom. The summed E-state index contributed by atoms with van der Waals surface area (Å²) in [6.45, 7) is 3.60. The molecule has 0 atom stereocenters. The van der Waals surface area contributed by atoms with E-state index >= 15 is 0 Å². The summed E-state index contributed by atoms with van der Waals surface area (Å²) in [6.07, 6.45) is 6.38. The van der Waals surface area contributed by atoms with Crippen LogP contribution in [-0.4, -0.2) is 35.1 Å². The Morgan fingerprint density at radius 3 is 1.46 bits per heavy atom. The van der Waals surface area contributed by atoms with E-state index < -0.39 is 0 Å². The number of carbonyl (C=O) groups is 4. The van der Waals surface area contributed by atoms with Crippen LogP contribution in [0.5, 0.6) is 0 Å². The second-order valence-corrected chi connectivity index (χ2v) is 10.7. The van der Waals surface area contributed by atoms with Gasteiger partial charge in [-0.05, 0) is 87.8 Å². The molecule has 2 aliphatic rings. The molecule has 0 aromatic heterocycles. The van der Waals surface area contributed by atoms with Gasteiger partial charge in [-0.2, -0.15) is 10.2 Å². The van der Waals surface area contributed by atoms with Crippen molar-refractivity contribution in [1.82, 2.24) is 10.9 Å². The SMILES string of the molecule is C/C(=N\NC(=O)CCCCCC(=O)N/N=C(\C)c1cccc(NC(=O)C2CC2)c1)c1cccc(NC(=O)C2CC2)c1. The first kappa shape index (κ1) is 29.6. The zero-order valence-corrected chi connectivity index (χ0v) is 23.7. The molecule has 10 heteroatoms. The van der Waals surface area contributed by atoms with E-state index in [0.29, 0.717) is 48.5 Å². The first-order chi connectivity index (χ1) is 19.8. The number of anilines is 2. The van der Waals surface area contributed by atoms with E-state index in [2.05, 4.69) is 31.7 Å². The maximum atomic E-state index is 12.2. The van der Waals surface area contributed by atoms with Crippen molar-refractivity contribution in [2.75, 3.05) is 10.6 Å². The van der Waals surface area contributed by atoms with E-state index in [1.165, 1.54) is 0 Å². The molecular weight excluding hydrogens is 520 g/mol. The molecule has 2 saturated carbocycles. The van der Waals surface area contributed by atoms with E-state index in [4.69, 9.17) is 0 Å². The van der Waals surface area contributed by atoms with Crippen LogP contribution < -0.4 is 21.5 Å². The minimum absolute atomic E-state index is 0.0442. The number of hydrogen-bond acceptors (Lipinski definition) is 6. The van der Waals surface area contributed by atoms with Crippen molar-refractivity contribution in [1.29, 1.82) is 0 Å². The van der Waals surface area contributed by atoms with E-state index in [1.54, 1.807) is 13.8 Å². The van der Waals surface area contributed by atoms with Crippen molar-refractivity contribution in [2.24, 2.45) is 22.0 Å². The summed E-state index contributed by atoms with van der Waals surface area (Å²) in [4.78, 5) is 48.4. The summed E-state index contributed by atoms with van der Waals surface area (Å²) in [7, 11) is 0. The monoisotopic (exact) mass is 558 g/mol. The number of amides is 4. The Balaban J connectivity index is 1.11. The summed E-state index contributed by atoms with van der Waals surface area (Å²) >= 11 is 0. The van der Waals surface area contributed by atoms with Gasteiger partial charge in [-0.3, -0.25) is 19.2 Å². The van der Waals surface area contributed by atoms with Gasteiger partial charge in [-0.25, -0.2) is 10.9 Å². The van der Waals surface area contributed by atoms with Gasteiger partial charge in [0, 0.05) is 36.1 Å². The topological polar surface area (TPSA) is 141 Å². The fraction of sp³-hybridized carbons (Fsp3) is 0.419. The van der Waals surface area contributed by atoms with Gasteiger partial charge in [-0.15, -0.1) is 0 Å². The Labute approximate surface area is 240 Å². The number of rotatable bonds is 14. The summed E-state index contributed by atoms with van der Waals surface area (Å²) in [6, 6.07) is 14.8. The summed E-state index contributed by atoms with van der Waals surface area (Å²) in [5, 5.41) is 14.2. The lowest BCUT2D eigenvalue weighted by Gasteiger charge is -2.08. The molecule has 0 aliphatic heterocycles. The van der Waals surface area contributed by atoms with Crippen LogP contribution in [0.4, 0.5) is 11.4 Å². The first-order valence-corrected chi connectivity index (χ1v) is 14.3. The minimum Gasteiger partial charge on any atom is -0.326 e. The zero-order valence-electron chi connectivity index (χ0n) is 23.7. The molecule has 10 nitrogen and oxygen atoms in total. The van der Waals surface area contributed by atoms with E-state index in [1.807, 2.05) is 48.5 Å². The van der Waals surface area contributed by atoms with Crippen LogP contribution in [0.2, 0.25) is 0 Å². The molecule has 0 bridgehead atoms. The zero-order chi connectivity index (χ0) is 29.2. The number of unbranched alkanes of at least 4 members (excludes halogenated alkanes) is 2. The van der Waals surface area contributed by atoms with E-state index in [-0.39, 0.29) is 35.5 Å². The predicted octanol–water partition coefficient (Wildman–Crippen LogP) is 4.71. The molecule has 0 saturated heterocycles. The number of carbonyl (C=O) groups excluding carboxylic acids is 4. The quantitative estimate of drug-likeness (QED) is 0.151. The normalized spacial score (nSPS) is 15.2. The van der Waals surface area contributed by atoms with Gasteiger partial charge in [0.15, 0.2) is 0 Å². The van der Waals surface area contributed by atoms with Gasteiger partial charge in [0.2, 0.25) is 23.6 Å². The fourth-order valence-corrected chi connectivity index (χ4v) is 4.10. The molecule has 4 rings (SSSR count). The lowest BCUT2D eigenvalue weighted by molar-refractivity contribution is -0.121. The molecule has 41 heavy (non-hydrogen) atoms. The second kappa shape index (κ2) is 14.3. The van der Waals surface area contributed by atoms with Crippen LogP contribution in [0.1, 0.15) is 82.8 Å². The smallest absolute Gasteiger partial charge is 0.240 e. The average Bonchev–Trinajstić information content (AvgIpc) is 3.88. The largest absolute Gasteiger partial charge is 0.326 e. The van der Waals surface area contributed by atoms with Gasteiger partial charge >= 0.3 is 0 Å².